The zero-order valence-electron chi connectivity index (χ0n) is 57.9. The van der Waals surface area contributed by atoms with Crippen LogP contribution in [-0.4, -0.2) is 99.6 Å². The van der Waals surface area contributed by atoms with Gasteiger partial charge >= 0.3 is 5.97 Å². The predicted octanol–water partition coefficient (Wildman–Crippen LogP) is 20.1. The molecule has 11 nitrogen and oxygen atoms in total. The zero-order valence-corrected chi connectivity index (χ0v) is 57.9. The molecule has 1 aliphatic heterocycles. The standard InChI is InChI=1S/C77H145NO10/c1-4-7-10-13-16-19-22-25-27-29-31-33-35-37-38-40-42-44-46-49-52-55-58-61-64-70(81)76(85)78-68(69(80)63-60-57-54-51-48-24-21-18-15-12-9-6-3)67-86-77-75(74(84)73(83)71(66-79)87-77)88-72(82)65-62-59-56-53-50-47-45-43-41-39-36-34-32-30-28-26-23-20-17-14-11-8-5-2/h17,20,26,28,60,63,68-71,73-75,77,79-81,83-84H,4-16,18-19,21-25,27,29-59,61-62,64-67H2,1-3H3,(H,78,85)/b20-17-,28-26-,63-60+. The maximum Gasteiger partial charge on any atom is 0.306 e. The van der Waals surface area contributed by atoms with Gasteiger partial charge in [-0.2, -0.15) is 0 Å². The third kappa shape index (κ3) is 51.4. The number of amides is 1. The van der Waals surface area contributed by atoms with Crippen LogP contribution in [-0.2, 0) is 23.8 Å². The number of aliphatic hydroxyl groups excluding tert-OH is 5. The van der Waals surface area contributed by atoms with Crippen LogP contribution in [0.1, 0.15) is 380 Å². The van der Waals surface area contributed by atoms with Gasteiger partial charge in [0, 0.05) is 6.42 Å². The first-order chi connectivity index (χ1) is 43.2. The molecule has 0 aliphatic carbocycles. The summed E-state index contributed by atoms with van der Waals surface area (Å²) in [4.78, 5) is 26.7. The van der Waals surface area contributed by atoms with Crippen LogP contribution in [0.15, 0.2) is 36.5 Å². The molecule has 1 aliphatic rings. The Hall–Kier alpha value is -2.12. The Bertz CT molecular complexity index is 1570. The average molecular weight is 1250 g/mol. The molecule has 1 fully saturated rings. The van der Waals surface area contributed by atoms with Crippen molar-refractivity contribution in [2.45, 2.75) is 429 Å². The largest absolute Gasteiger partial charge is 0.454 e. The van der Waals surface area contributed by atoms with Gasteiger partial charge in [0.05, 0.1) is 25.4 Å². The van der Waals surface area contributed by atoms with Gasteiger partial charge in [-0.3, -0.25) is 9.59 Å². The topological polar surface area (TPSA) is 175 Å². The Morgan fingerprint density at radius 3 is 1.18 bits per heavy atom. The molecule has 0 aromatic heterocycles. The molecule has 1 rings (SSSR count). The maximum absolute atomic E-state index is 13.5. The van der Waals surface area contributed by atoms with E-state index in [2.05, 4.69) is 50.4 Å². The number of ether oxygens (including phenoxy) is 3. The number of unbranched alkanes of at least 4 members (excludes halogenated alkanes) is 49. The van der Waals surface area contributed by atoms with Crippen molar-refractivity contribution in [2.24, 2.45) is 0 Å². The number of carbonyl (C=O) groups excluding carboxylic acids is 2. The summed E-state index contributed by atoms with van der Waals surface area (Å²) in [6.45, 7) is 5.83. The fraction of sp³-hybridized carbons (Fsp3) is 0.896. The summed E-state index contributed by atoms with van der Waals surface area (Å²) in [5.74, 6) is -1.18. The predicted molar refractivity (Wildman–Crippen MR) is 371 cm³/mol. The minimum atomic E-state index is -1.61. The normalized spacial score (nSPS) is 18.3. The second-order valence-corrected chi connectivity index (χ2v) is 26.7. The van der Waals surface area contributed by atoms with E-state index in [9.17, 15) is 35.1 Å². The van der Waals surface area contributed by atoms with Crippen LogP contribution < -0.4 is 5.32 Å². The molecular formula is C77H145NO10. The molecule has 1 heterocycles. The molecule has 8 atom stereocenters. The molecule has 0 aromatic carbocycles. The first kappa shape index (κ1) is 83.9. The number of nitrogens with one attached hydrogen (secondary N) is 1. The van der Waals surface area contributed by atoms with E-state index in [4.69, 9.17) is 14.2 Å². The Morgan fingerprint density at radius 2 is 0.784 bits per heavy atom. The van der Waals surface area contributed by atoms with Crippen LogP contribution in [0.2, 0.25) is 0 Å². The van der Waals surface area contributed by atoms with Crippen molar-refractivity contribution >= 4 is 11.9 Å². The van der Waals surface area contributed by atoms with Crippen LogP contribution in [0.3, 0.4) is 0 Å². The lowest BCUT2D eigenvalue weighted by Gasteiger charge is -2.41. The van der Waals surface area contributed by atoms with Crippen molar-refractivity contribution in [3.63, 3.8) is 0 Å². The van der Waals surface area contributed by atoms with E-state index in [0.717, 1.165) is 64.2 Å². The van der Waals surface area contributed by atoms with E-state index in [0.29, 0.717) is 19.3 Å². The van der Waals surface area contributed by atoms with Gasteiger partial charge < -0.3 is 45.1 Å². The number of esters is 1. The highest BCUT2D eigenvalue weighted by Gasteiger charge is 2.47. The highest BCUT2D eigenvalue weighted by atomic mass is 16.7. The summed E-state index contributed by atoms with van der Waals surface area (Å²) in [6, 6.07) is -1.02. The van der Waals surface area contributed by atoms with E-state index in [1.165, 1.54) is 270 Å². The van der Waals surface area contributed by atoms with E-state index >= 15 is 0 Å². The molecule has 0 aromatic rings. The molecule has 0 bridgehead atoms. The highest BCUT2D eigenvalue weighted by Crippen LogP contribution is 2.27. The van der Waals surface area contributed by atoms with E-state index in [1.54, 1.807) is 6.08 Å². The molecule has 8 unspecified atom stereocenters. The SMILES string of the molecule is CCCCC/C=C\C/C=C\CCCCCCCCCCCCCCCC(=O)OC1C(OCC(NC(=O)C(O)CCCCCCCCCCCCCCCCCCCCCCCCCC)C(O)/C=C/CCCCCCCCCCCC)OC(CO)C(O)C1O. The van der Waals surface area contributed by atoms with Crippen LogP contribution in [0.25, 0.3) is 0 Å². The lowest BCUT2D eigenvalue weighted by molar-refractivity contribution is -0.305. The molecular weight excluding hydrogens is 1100 g/mol. The zero-order chi connectivity index (χ0) is 63.9. The number of hydrogen-bond acceptors (Lipinski definition) is 10. The second kappa shape index (κ2) is 65.0. The first-order valence-electron chi connectivity index (χ1n) is 38.3. The first-order valence-corrected chi connectivity index (χ1v) is 38.3. The van der Waals surface area contributed by atoms with Crippen molar-refractivity contribution in [2.75, 3.05) is 13.2 Å². The van der Waals surface area contributed by atoms with Gasteiger partial charge in [-0.05, 0) is 57.8 Å². The summed E-state index contributed by atoms with van der Waals surface area (Å²) in [6.07, 6.45) is 70.5. The van der Waals surface area contributed by atoms with Crippen molar-refractivity contribution in [3.8, 4) is 0 Å². The van der Waals surface area contributed by atoms with Crippen LogP contribution in [0, 0.1) is 0 Å². The molecule has 518 valence electrons. The van der Waals surface area contributed by atoms with Gasteiger partial charge in [0.2, 0.25) is 5.91 Å². The van der Waals surface area contributed by atoms with Crippen molar-refractivity contribution in [1.82, 2.24) is 5.32 Å². The summed E-state index contributed by atoms with van der Waals surface area (Å²) < 4.78 is 17.7. The lowest BCUT2D eigenvalue weighted by atomic mass is 9.99. The van der Waals surface area contributed by atoms with Gasteiger partial charge in [0.1, 0.15) is 24.4 Å². The van der Waals surface area contributed by atoms with Crippen LogP contribution in [0.5, 0.6) is 0 Å². The number of aliphatic hydroxyl groups is 5. The second-order valence-electron chi connectivity index (χ2n) is 26.7. The summed E-state index contributed by atoms with van der Waals surface area (Å²) in [7, 11) is 0. The number of rotatable bonds is 67. The summed E-state index contributed by atoms with van der Waals surface area (Å²) in [5, 5.41) is 57.4. The van der Waals surface area contributed by atoms with Gasteiger partial charge in [-0.15, -0.1) is 0 Å². The third-order valence-corrected chi connectivity index (χ3v) is 18.3. The maximum atomic E-state index is 13.5. The molecule has 88 heavy (non-hydrogen) atoms. The van der Waals surface area contributed by atoms with Crippen molar-refractivity contribution < 1.29 is 49.3 Å². The number of carbonyl (C=O) groups is 2. The lowest BCUT2D eigenvalue weighted by Crippen LogP contribution is -2.61. The summed E-state index contributed by atoms with van der Waals surface area (Å²) in [5.41, 5.74) is 0. The van der Waals surface area contributed by atoms with Gasteiger partial charge in [0.25, 0.3) is 0 Å². The summed E-state index contributed by atoms with van der Waals surface area (Å²) >= 11 is 0. The number of allylic oxidation sites excluding steroid dienone is 5. The molecule has 1 saturated heterocycles. The van der Waals surface area contributed by atoms with Gasteiger partial charge in [-0.1, -0.05) is 353 Å². The minimum absolute atomic E-state index is 0.126. The number of hydrogen-bond donors (Lipinski definition) is 6. The van der Waals surface area contributed by atoms with Crippen LogP contribution >= 0.6 is 0 Å². The highest BCUT2D eigenvalue weighted by molar-refractivity contribution is 5.80. The molecule has 1 amide bonds. The molecule has 0 spiro atoms. The third-order valence-electron chi connectivity index (χ3n) is 18.3. The Kier molecular flexibility index (Phi) is 61.9. The fourth-order valence-electron chi connectivity index (χ4n) is 12.3. The Morgan fingerprint density at radius 1 is 0.443 bits per heavy atom. The van der Waals surface area contributed by atoms with Gasteiger partial charge in [-0.25, -0.2) is 0 Å². The molecule has 0 radical (unpaired) electrons. The van der Waals surface area contributed by atoms with Crippen molar-refractivity contribution in [1.29, 1.82) is 0 Å². The average Bonchev–Trinajstić information content (AvgIpc) is 2.54. The van der Waals surface area contributed by atoms with Crippen molar-refractivity contribution in [3.05, 3.63) is 36.5 Å². The van der Waals surface area contributed by atoms with Crippen LogP contribution in [0.4, 0.5) is 0 Å². The van der Waals surface area contributed by atoms with E-state index < -0.39 is 67.4 Å². The van der Waals surface area contributed by atoms with Gasteiger partial charge in [0.15, 0.2) is 12.4 Å². The monoisotopic (exact) mass is 1240 g/mol. The fourth-order valence-corrected chi connectivity index (χ4v) is 12.3. The molecule has 6 N–H and O–H groups in total. The quantitative estimate of drug-likeness (QED) is 0.0195. The van der Waals surface area contributed by atoms with E-state index in [-0.39, 0.29) is 13.0 Å². The minimum Gasteiger partial charge on any atom is -0.454 e. The molecule has 11 heteroatoms. The Balaban J connectivity index is 2.51. The van der Waals surface area contributed by atoms with E-state index in [1.807, 2.05) is 6.08 Å². The smallest absolute Gasteiger partial charge is 0.306 e. The Labute approximate surface area is 543 Å². The molecule has 0 saturated carbocycles.